The number of ether oxygens (including phenoxy) is 1. The number of urea groups is 1. The molecule has 0 aromatic carbocycles. The standard InChI is InChI=1S/C17H27N3O2S/c1-11(2)10-22-14-6-7-20(9-14)17(21)19-15(13-4-5-13)16-18-8-12(3)23-16/h8,11,13-15H,4-7,9-10H2,1-3H3,(H,19,21). The van der Waals surface area contributed by atoms with Gasteiger partial charge in [0, 0.05) is 30.8 Å². The molecule has 0 radical (unpaired) electrons. The number of aromatic nitrogens is 1. The fourth-order valence-corrected chi connectivity index (χ4v) is 3.85. The molecule has 2 atom stereocenters. The van der Waals surface area contributed by atoms with Crippen molar-refractivity contribution in [2.24, 2.45) is 11.8 Å². The van der Waals surface area contributed by atoms with Crippen LogP contribution in [0.2, 0.25) is 0 Å². The van der Waals surface area contributed by atoms with E-state index < -0.39 is 0 Å². The Morgan fingerprint density at radius 1 is 1.48 bits per heavy atom. The van der Waals surface area contributed by atoms with Crippen LogP contribution in [-0.2, 0) is 4.74 Å². The highest BCUT2D eigenvalue weighted by Crippen LogP contribution is 2.42. The zero-order chi connectivity index (χ0) is 16.4. The topological polar surface area (TPSA) is 54.5 Å². The van der Waals surface area contributed by atoms with Crippen LogP contribution in [0.5, 0.6) is 0 Å². The minimum Gasteiger partial charge on any atom is -0.376 e. The highest BCUT2D eigenvalue weighted by atomic mass is 32.1. The maximum Gasteiger partial charge on any atom is 0.318 e. The van der Waals surface area contributed by atoms with E-state index in [-0.39, 0.29) is 18.2 Å². The second-order valence-corrected chi connectivity index (χ2v) is 8.42. The number of aryl methyl sites for hydroxylation is 1. The summed E-state index contributed by atoms with van der Waals surface area (Å²) >= 11 is 1.69. The Morgan fingerprint density at radius 3 is 2.87 bits per heavy atom. The highest BCUT2D eigenvalue weighted by molar-refractivity contribution is 7.11. The quantitative estimate of drug-likeness (QED) is 0.866. The molecule has 2 heterocycles. The van der Waals surface area contributed by atoms with Crippen LogP contribution in [0.25, 0.3) is 0 Å². The lowest BCUT2D eigenvalue weighted by molar-refractivity contribution is 0.0435. The van der Waals surface area contributed by atoms with E-state index in [1.54, 1.807) is 11.3 Å². The molecular weight excluding hydrogens is 310 g/mol. The van der Waals surface area contributed by atoms with E-state index in [0.29, 0.717) is 18.4 Å². The first-order valence-corrected chi connectivity index (χ1v) is 9.44. The number of hydrogen-bond donors (Lipinski definition) is 1. The van der Waals surface area contributed by atoms with Gasteiger partial charge in [0.2, 0.25) is 0 Å². The molecule has 6 heteroatoms. The molecule has 2 amide bonds. The fraction of sp³-hybridized carbons (Fsp3) is 0.765. The Bertz CT molecular complexity index is 542. The molecular formula is C17H27N3O2S. The molecule has 2 fully saturated rings. The molecule has 128 valence electrons. The lowest BCUT2D eigenvalue weighted by atomic mass is 10.2. The molecule has 0 spiro atoms. The lowest BCUT2D eigenvalue weighted by Gasteiger charge is -2.22. The van der Waals surface area contributed by atoms with E-state index in [1.807, 2.05) is 11.1 Å². The average Bonchev–Trinajstić information content (AvgIpc) is 3.07. The van der Waals surface area contributed by atoms with Crippen LogP contribution < -0.4 is 5.32 Å². The fourth-order valence-electron chi connectivity index (χ4n) is 2.93. The van der Waals surface area contributed by atoms with Gasteiger partial charge in [0.05, 0.1) is 12.1 Å². The largest absolute Gasteiger partial charge is 0.376 e. The van der Waals surface area contributed by atoms with Gasteiger partial charge in [-0.15, -0.1) is 11.3 Å². The molecule has 1 aliphatic carbocycles. The predicted molar refractivity (Wildman–Crippen MR) is 91.6 cm³/mol. The Balaban J connectivity index is 1.54. The minimum atomic E-state index is 0.0328. The first-order chi connectivity index (χ1) is 11.0. The van der Waals surface area contributed by atoms with Gasteiger partial charge in [-0.2, -0.15) is 0 Å². The summed E-state index contributed by atoms with van der Waals surface area (Å²) in [5.74, 6) is 1.09. The van der Waals surface area contributed by atoms with Gasteiger partial charge in [-0.1, -0.05) is 13.8 Å². The monoisotopic (exact) mass is 337 g/mol. The van der Waals surface area contributed by atoms with Crippen LogP contribution in [0.15, 0.2) is 6.20 Å². The number of carbonyl (C=O) groups is 1. The van der Waals surface area contributed by atoms with Crippen LogP contribution in [0.1, 0.15) is 49.0 Å². The molecule has 1 N–H and O–H groups in total. The SMILES string of the molecule is Cc1cnc(C(NC(=O)N2CCC(OCC(C)C)C2)C2CC2)s1. The van der Waals surface area contributed by atoms with Crippen LogP contribution >= 0.6 is 11.3 Å². The van der Waals surface area contributed by atoms with Gasteiger partial charge in [-0.25, -0.2) is 9.78 Å². The van der Waals surface area contributed by atoms with Gasteiger partial charge in [-0.05, 0) is 38.0 Å². The molecule has 0 bridgehead atoms. The van der Waals surface area contributed by atoms with E-state index in [2.05, 4.69) is 31.1 Å². The van der Waals surface area contributed by atoms with E-state index in [1.165, 1.54) is 17.7 Å². The Kier molecular flexibility index (Phi) is 5.21. The van der Waals surface area contributed by atoms with Gasteiger partial charge in [0.1, 0.15) is 5.01 Å². The van der Waals surface area contributed by atoms with Crippen molar-refractivity contribution < 1.29 is 9.53 Å². The lowest BCUT2D eigenvalue weighted by Crippen LogP contribution is -2.41. The maximum atomic E-state index is 12.6. The molecule has 5 nitrogen and oxygen atoms in total. The molecule has 23 heavy (non-hydrogen) atoms. The van der Waals surface area contributed by atoms with Crippen molar-refractivity contribution in [2.75, 3.05) is 19.7 Å². The van der Waals surface area contributed by atoms with Gasteiger partial charge >= 0.3 is 6.03 Å². The summed E-state index contributed by atoms with van der Waals surface area (Å²) in [6, 6.07) is 0.113. The molecule has 1 aromatic rings. The second kappa shape index (κ2) is 7.18. The predicted octanol–water partition coefficient (Wildman–Crippen LogP) is 3.36. The van der Waals surface area contributed by atoms with E-state index in [9.17, 15) is 4.79 Å². The first-order valence-electron chi connectivity index (χ1n) is 8.62. The van der Waals surface area contributed by atoms with Crippen molar-refractivity contribution >= 4 is 17.4 Å². The summed E-state index contributed by atoms with van der Waals surface area (Å²) in [5, 5.41) is 4.26. The Labute approximate surface area is 142 Å². The smallest absolute Gasteiger partial charge is 0.318 e. The van der Waals surface area contributed by atoms with Crippen molar-refractivity contribution in [3.63, 3.8) is 0 Å². The number of nitrogens with one attached hydrogen (secondary N) is 1. The van der Waals surface area contributed by atoms with Gasteiger partial charge in [0.25, 0.3) is 0 Å². The van der Waals surface area contributed by atoms with Crippen molar-refractivity contribution in [3.05, 3.63) is 16.1 Å². The average molecular weight is 337 g/mol. The van der Waals surface area contributed by atoms with Crippen LogP contribution in [-0.4, -0.2) is 41.7 Å². The van der Waals surface area contributed by atoms with Crippen molar-refractivity contribution in [1.82, 2.24) is 15.2 Å². The molecule has 1 aliphatic heterocycles. The summed E-state index contributed by atoms with van der Waals surface area (Å²) in [7, 11) is 0. The van der Waals surface area contributed by atoms with E-state index in [0.717, 1.165) is 24.6 Å². The van der Waals surface area contributed by atoms with Gasteiger partial charge in [0.15, 0.2) is 0 Å². The normalized spacial score (nSPS) is 22.6. The number of carbonyl (C=O) groups excluding carboxylic acids is 1. The van der Waals surface area contributed by atoms with Crippen LogP contribution in [0.4, 0.5) is 4.79 Å². The van der Waals surface area contributed by atoms with Crippen molar-refractivity contribution in [2.45, 2.75) is 52.2 Å². The second-order valence-electron chi connectivity index (χ2n) is 7.16. The molecule has 1 saturated heterocycles. The third-order valence-corrected chi connectivity index (χ3v) is 5.37. The zero-order valence-corrected chi connectivity index (χ0v) is 15.1. The minimum absolute atomic E-state index is 0.0328. The van der Waals surface area contributed by atoms with Crippen LogP contribution in [0, 0.1) is 18.8 Å². The Hall–Kier alpha value is -1.14. The summed E-state index contributed by atoms with van der Waals surface area (Å²) in [6.45, 7) is 8.61. The number of thiazole rings is 1. The highest BCUT2D eigenvalue weighted by Gasteiger charge is 2.37. The molecule has 1 saturated carbocycles. The maximum absolute atomic E-state index is 12.6. The third-order valence-electron chi connectivity index (χ3n) is 4.38. The summed E-state index contributed by atoms with van der Waals surface area (Å²) < 4.78 is 5.87. The number of amides is 2. The number of rotatable bonds is 6. The van der Waals surface area contributed by atoms with Crippen molar-refractivity contribution in [3.8, 4) is 0 Å². The number of hydrogen-bond acceptors (Lipinski definition) is 4. The Morgan fingerprint density at radius 2 is 2.26 bits per heavy atom. The summed E-state index contributed by atoms with van der Waals surface area (Å²) in [5.41, 5.74) is 0. The molecule has 3 rings (SSSR count). The molecule has 2 unspecified atom stereocenters. The van der Waals surface area contributed by atoms with Crippen molar-refractivity contribution in [1.29, 1.82) is 0 Å². The molecule has 2 aliphatic rings. The number of likely N-dealkylation sites (tertiary alicyclic amines) is 1. The van der Waals surface area contributed by atoms with Crippen LogP contribution in [0.3, 0.4) is 0 Å². The summed E-state index contributed by atoms with van der Waals surface area (Å²) in [6.07, 6.45) is 5.38. The van der Waals surface area contributed by atoms with E-state index >= 15 is 0 Å². The number of nitrogens with zero attached hydrogens (tertiary/aromatic N) is 2. The van der Waals surface area contributed by atoms with Gasteiger partial charge in [-0.3, -0.25) is 0 Å². The van der Waals surface area contributed by atoms with Gasteiger partial charge < -0.3 is 15.0 Å². The third kappa shape index (κ3) is 4.44. The summed E-state index contributed by atoms with van der Waals surface area (Å²) in [4.78, 5) is 20.2. The van der Waals surface area contributed by atoms with E-state index in [4.69, 9.17) is 4.74 Å². The first kappa shape index (κ1) is 16.7. The molecule has 1 aromatic heterocycles. The zero-order valence-electron chi connectivity index (χ0n) is 14.2.